The normalized spacial score (nSPS) is 23.1. The molecule has 2 fully saturated rings. The topological polar surface area (TPSA) is 102 Å². The van der Waals surface area contributed by atoms with Gasteiger partial charge in [0.2, 0.25) is 15.7 Å². The molecule has 2 unspecified atom stereocenters. The molecule has 236 valence electrons. The minimum Gasteiger partial charge on any atom is -0.496 e. The first-order valence-electron chi connectivity index (χ1n) is 14.6. The molecule has 0 radical (unpaired) electrons. The molecule has 3 aromatic carbocycles. The summed E-state index contributed by atoms with van der Waals surface area (Å²) in [5.41, 5.74) is 3.78. The Morgan fingerprint density at radius 1 is 1.02 bits per heavy atom. The number of benzene rings is 3. The highest BCUT2D eigenvalue weighted by atomic mass is 32.2. The highest BCUT2D eigenvalue weighted by Crippen LogP contribution is 2.48. The monoisotopic (exact) mass is 670 g/mol. The Kier molecular flexibility index (Phi) is 8.16. The number of ether oxygens (including phenoxy) is 1. The molecule has 2 bridgehead atoms. The number of hydrogen-bond acceptors (Lipinski definition) is 5. The molecule has 0 saturated heterocycles. The van der Waals surface area contributed by atoms with Gasteiger partial charge in [-0.15, -0.1) is 9.24 Å². The van der Waals surface area contributed by atoms with Gasteiger partial charge in [0.15, 0.2) is 0 Å². The van der Waals surface area contributed by atoms with Gasteiger partial charge in [-0.3, -0.25) is 9.59 Å². The highest BCUT2D eigenvalue weighted by molar-refractivity contribution is 7.96. The number of carbonyl (C=O) groups excluding carboxylic acids is 2. The van der Waals surface area contributed by atoms with Crippen molar-refractivity contribution in [2.24, 2.45) is 17.8 Å². The zero-order valence-corrected chi connectivity index (χ0v) is 27.8. The number of anilines is 1. The van der Waals surface area contributed by atoms with Crippen LogP contribution >= 0.6 is 18.5 Å². The minimum atomic E-state index is -4.96. The fourth-order valence-corrected chi connectivity index (χ4v) is 8.11. The van der Waals surface area contributed by atoms with Crippen molar-refractivity contribution in [3.05, 3.63) is 83.9 Å². The van der Waals surface area contributed by atoms with Gasteiger partial charge in [0, 0.05) is 11.7 Å². The van der Waals surface area contributed by atoms with Gasteiger partial charge >= 0.3 is 5.00 Å². The van der Waals surface area contributed by atoms with E-state index in [0.717, 1.165) is 37.8 Å². The molecule has 45 heavy (non-hydrogen) atoms. The molecule has 2 N–H and O–H groups in total. The number of amides is 2. The van der Waals surface area contributed by atoms with E-state index >= 15 is 0 Å². The van der Waals surface area contributed by atoms with E-state index < -0.39 is 37.6 Å². The van der Waals surface area contributed by atoms with Crippen molar-refractivity contribution in [3.63, 3.8) is 0 Å². The molecule has 12 heteroatoms. The van der Waals surface area contributed by atoms with Crippen LogP contribution in [0.1, 0.15) is 42.1 Å². The van der Waals surface area contributed by atoms with E-state index in [0.29, 0.717) is 17.7 Å². The Morgan fingerprint density at radius 2 is 1.71 bits per heavy atom. The van der Waals surface area contributed by atoms with Gasteiger partial charge in [-0.1, -0.05) is 49.4 Å². The van der Waals surface area contributed by atoms with E-state index in [1.807, 2.05) is 12.2 Å². The molecule has 7 nitrogen and oxygen atoms in total. The first kappa shape index (κ1) is 31.8. The number of alkyl halides is 2. The van der Waals surface area contributed by atoms with Crippen molar-refractivity contribution in [1.82, 2.24) is 5.32 Å². The van der Waals surface area contributed by atoms with Gasteiger partial charge in [0.05, 0.1) is 23.5 Å². The van der Waals surface area contributed by atoms with E-state index in [1.54, 1.807) is 12.1 Å². The number of allylic oxidation sites excluding steroid dienone is 1. The summed E-state index contributed by atoms with van der Waals surface area (Å²) in [6, 6.07) is 16.3. The molecule has 0 heterocycles. The van der Waals surface area contributed by atoms with Gasteiger partial charge in [-0.2, -0.15) is 8.78 Å². The quantitative estimate of drug-likeness (QED) is 0.226. The van der Waals surface area contributed by atoms with Crippen LogP contribution < -0.4 is 20.7 Å². The Bertz CT molecular complexity index is 1820. The minimum absolute atomic E-state index is 0.0659. The lowest BCUT2D eigenvalue weighted by molar-refractivity contribution is -0.121. The second-order valence-corrected chi connectivity index (χ2v) is 16.1. The van der Waals surface area contributed by atoms with Crippen molar-refractivity contribution < 1.29 is 31.5 Å². The van der Waals surface area contributed by atoms with Crippen molar-refractivity contribution >= 4 is 51.1 Å². The van der Waals surface area contributed by atoms with Crippen LogP contribution in [-0.4, -0.2) is 38.4 Å². The highest BCUT2D eigenvalue weighted by Gasteiger charge is 2.49. The summed E-state index contributed by atoms with van der Waals surface area (Å²) in [7, 11) is 0.271. The average molecular weight is 671 g/mol. The lowest BCUT2D eigenvalue weighted by atomic mass is 9.87. The van der Waals surface area contributed by atoms with Crippen LogP contribution in [0.4, 0.5) is 14.5 Å². The molecule has 0 spiro atoms. The van der Waals surface area contributed by atoms with E-state index in [2.05, 4.69) is 51.1 Å². The van der Waals surface area contributed by atoms with Crippen molar-refractivity contribution in [1.29, 1.82) is 0 Å². The van der Waals surface area contributed by atoms with Gasteiger partial charge < -0.3 is 15.4 Å². The first-order valence-corrected chi connectivity index (χ1v) is 17.3. The zero-order chi connectivity index (χ0) is 32.3. The molecule has 3 aromatic rings. The van der Waals surface area contributed by atoms with Crippen LogP contribution in [0.25, 0.3) is 11.1 Å². The summed E-state index contributed by atoms with van der Waals surface area (Å²) in [6.07, 6.45) is 6.95. The van der Waals surface area contributed by atoms with E-state index in [1.165, 1.54) is 37.6 Å². The van der Waals surface area contributed by atoms with Crippen LogP contribution in [0.5, 0.6) is 5.75 Å². The third kappa shape index (κ3) is 5.93. The second-order valence-electron chi connectivity index (χ2n) is 12.3. The van der Waals surface area contributed by atoms with Crippen LogP contribution in [0.3, 0.4) is 0 Å². The fourth-order valence-electron chi connectivity index (χ4n) is 6.45. The summed E-state index contributed by atoms with van der Waals surface area (Å²) in [5, 5.41) is 6.63. The maximum Gasteiger partial charge on any atom is 0.359 e. The molecule has 0 aromatic heterocycles. The predicted octanol–water partition coefficient (Wildman–Crippen LogP) is 5.67. The number of sulfone groups is 1. The van der Waals surface area contributed by atoms with Crippen molar-refractivity contribution in [2.45, 2.75) is 47.5 Å². The number of halogens is 2. The SMILES string of the molecule is COc1cc(P)c(-c2ccc(C3(C)CC3)cc2)cc1C(=O)N[C@H]1[C@@H](C(=O)Nc2cccc(S(=O)(=O)C(F)(F)P)c2)[C@H]2C=C[C@H]1C2. The fraction of sp³-hybridized carbons (Fsp3) is 0.333. The smallest absolute Gasteiger partial charge is 0.359 e. The maximum atomic E-state index is 13.8. The van der Waals surface area contributed by atoms with Crippen molar-refractivity contribution in [2.75, 3.05) is 12.4 Å². The first-order chi connectivity index (χ1) is 21.2. The summed E-state index contributed by atoms with van der Waals surface area (Å²) in [4.78, 5) is 22.7. The lowest BCUT2D eigenvalue weighted by Crippen LogP contribution is -2.47. The largest absolute Gasteiger partial charge is 0.496 e. The number of rotatable bonds is 9. The van der Waals surface area contributed by atoms with Gasteiger partial charge in [-0.25, -0.2) is 8.42 Å². The third-order valence-electron chi connectivity index (χ3n) is 9.34. The predicted molar refractivity (Wildman–Crippen MR) is 177 cm³/mol. The molecule has 6 rings (SSSR count). The molecular weight excluding hydrogens is 636 g/mol. The molecule has 2 amide bonds. The van der Waals surface area contributed by atoms with E-state index in [4.69, 9.17) is 4.74 Å². The molecule has 2 saturated carbocycles. The molecule has 6 atom stereocenters. The van der Waals surface area contributed by atoms with Crippen LogP contribution in [-0.2, 0) is 20.0 Å². The summed E-state index contributed by atoms with van der Waals surface area (Å²) >= 11 is 0. The standard InChI is InChI=1S/C33H34F2N2O5P2S/c1-32(12-13-32)21-10-8-18(9-11-21)24-16-25(26(42-2)17-27(24)43)30(38)37-29-20-7-6-19(14-20)28(29)31(39)36-22-4-3-5-23(15-22)45(40,41)33(34,35)44/h3-11,15-17,19-20,28-29H,12-14,43-44H2,1-2H3,(H,36,39)(H,37,38)/t19-,20-,28-,29+/m0/s1. The second kappa shape index (κ2) is 11.6. The zero-order valence-electron chi connectivity index (χ0n) is 24.7. The third-order valence-corrected chi connectivity index (χ3v) is 12.3. The van der Waals surface area contributed by atoms with Gasteiger partial charge in [0.25, 0.3) is 5.91 Å². The van der Waals surface area contributed by atoms with Crippen molar-refractivity contribution in [3.8, 4) is 16.9 Å². The molecule has 3 aliphatic carbocycles. The average Bonchev–Trinajstić information content (AvgIpc) is 3.42. The molecule has 0 aliphatic heterocycles. The Labute approximate surface area is 265 Å². The van der Waals surface area contributed by atoms with Gasteiger partial charge in [0.1, 0.15) is 5.75 Å². The Hall–Kier alpha value is -3.19. The number of nitrogens with one attached hydrogen (secondary N) is 2. The maximum absolute atomic E-state index is 13.8. The number of carbonyl (C=O) groups is 2. The van der Waals surface area contributed by atoms with Crippen LogP contribution in [0, 0.1) is 17.8 Å². The molecule has 3 aliphatic rings. The lowest BCUT2D eigenvalue weighted by Gasteiger charge is -2.28. The summed E-state index contributed by atoms with van der Waals surface area (Å²) < 4.78 is 57.5. The van der Waals surface area contributed by atoms with E-state index in [-0.39, 0.29) is 28.8 Å². The number of hydrogen-bond donors (Lipinski definition) is 2. The Morgan fingerprint density at radius 3 is 2.36 bits per heavy atom. The van der Waals surface area contributed by atoms with Crippen LogP contribution in [0.2, 0.25) is 0 Å². The van der Waals surface area contributed by atoms with E-state index in [9.17, 15) is 26.8 Å². The van der Waals surface area contributed by atoms with Gasteiger partial charge in [-0.05, 0) is 98.1 Å². The molecular formula is C33H34F2N2O5P2S. The number of methoxy groups -OCH3 is 1. The van der Waals surface area contributed by atoms with Crippen LogP contribution in [0.15, 0.2) is 77.7 Å². The summed E-state index contributed by atoms with van der Waals surface area (Å²) in [5.74, 6) is -1.33. The Balaban J connectivity index is 1.24. The summed E-state index contributed by atoms with van der Waals surface area (Å²) in [6.45, 7) is 2.26. The number of fused-ring (bicyclic) bond motifs is 2.